The number of ketones is 1. The van der Waals surface area contributed by atoms with Gasteiger partial charge in [0, 0.05) is 15.7 Å². The Bertz CT molecular complexity index is 1400. The Labute approximate surface area is 199 Å². The van der Waals surface area contributed by atoms with E-state index in [4.69, 9.17) is 5.14 Å². The summed E-state index contributed by atoms with van der Waals surface area (Å²) in [5, 5.41) is 16.3. The number of carbonyl (C=O) groups is 2. The molecule has 0 aromatic heterocycles. The van der Waals surface area contributed by atoms with Crippen LogP contribution in [0.15, 0.2) is 87.7 Å². The van der Waals surface area contributed by atoms with E-state index in [-0.39, 0.29) is 21.9 Å². The Morgan fingerprint density at radius 2 is 1.64 bits per heavy atom. The molecule has 0 radical (unpaired) electrons. The maximum Gasteiger partial charge on any atom is 0.300 e. The summed E-state index contributed by atoms with van der Waals surface area (Å²) in [6.07, 6.45) is 0. The van der Waals surface area contributed by atoms with Crippen LogP contribution in [-0.2, 0) is 19.6 Å². The first-order valence-electron chi connectivity index (χ1n) is 9.84. The smallest absolute Gasteiger partial charge is 0.300 e. The van der Waals surface area contributed by atoms with Crippen LogP contribution in [0.3, 0.4) is 0 Å². The van der Waals surface area contributed by atoms with E-state index in [1.807, 2.05) is 6.92 Å². The molecule has 0 spiro atoms. The zero-order valence-electron chi connectivity index (χ0n) is 17.4. The molecule has 168 valence electrons. The fourth-order valence-corrected chi connectivity index (χ4v) is 4.69. The van der Waals surface area contributed by atoms with Gasteiger partial charge in [-0.05, 0) is 48.9 Å². The summed E-state index contributed by atoms with van der Waals surface area (Å²) in [7, 11) is -3.93. The fourth-order valence-electron chi connectivity index (χ4n) is 3.75. The van der Waals surface area contributed by atoms with Gasteiger partial charge in [0.05, 0.1) is 16.5 Å². The highest BCUT2D eigenvalue weighted by Crippen LogP contribution is 2.42. The molecule has 33 heavy (non-hydrogen) atoms. The number of anilines is 1. The van der Waals surface area contributed by atoms with Crippen molar-refractivity contribution >= 4 is 49.1 Å². The Morgan fingerprint density at radius 1 is 1.00 bits per heavy atom. The van der Waals surface area contributed by atoms with Crippen LogP contribution < -0.4 is 10.0 Å². The van der Waals surface area contributed by atoms with Gasteiger partial charge < -0.3 is 5.11 Å². The number of aliphatic hydroxyl groups is 1. The number of hydrogen-bond acceptors (Lipinski definition) is 5. The van der Waals surface area contributed by atoms with Crippen LogP contribution in [0.4, 0.5) is 5.69 Å². The minimum absolute atomic E-state index is 0.0579. The number of aryl methyl sites for hydroxylation is 1. The summed E-state index contributed by atoms with van der Waals surface area (Å²) in [6.45, 7) is 1.90. The third kappa shape index (κ3) is 4.35. The summed E-state index contributed by atoms with van der Waals surface area (Å²) < 4.78 is 24.0. The number of sulfonamides is 1. The molecular formula is C24H19BrN2O5S. The number of amides is 1. The minimum Gasteiger partial charge on any atom is -0.507 e. The van der Waals surface area contributed by atoms with Crippen LogP contribution in [0.5, 0.6) is 0 Å². The normalized spacial score (nSPS) is 18.0. The molecule has 0 aliphatic carbocycles. The number of carbonyl (C=O) groups excluding carboxylic acids is 2. The molecule has 1 aliphatic rings. The molecule has 1 atom stereocenters. The molecule has 0 bridgehead atoms. The van der Waals surface area contributed by atoms with E-state index in [0.717, 1.165) is 10.0 Å². The molecule has 1 saturated heterocycles. The maximum absolute atomic E-state index is 13.1. The van der Waals surface area contributed by atoms with Crippen LogP contribution in [-0.4, -0.2) is 25.2 Å². The number of primary sulfonamides is 1. The highest BCUT2D eigenvalue weighted by atomic mass is 79.9. The van der Waals surface area contributed by atoms with Gasteiger partial charge in [-0.15, -0.1) is 0 Å². The predicted octanol–water partition coefficient (Wildman–Crippen LogP) is 4.03. The predicted molar refractivity (Wildman–Crippen MR) is 128 cm³/mol. The number of benzene rings is 3. The summed E-state index contributed by atoms with van der Waals surface area (Å²) >= 11 is 3.41. The van der Waals surface area contributed by atoms with Crippen molar-refractivity contribution in [2.45, 2.75) is 17.9 Å². The van der Waals surface area contributed by atoms with Gasteiger partial charge in [0.15, 0.2) is 0 Å². The zero-order valence-corrected chi connectivity index (χ0v) is 19.8. The molecule has 3 aromatic rings. The molecule has 3 aromatic carbocycles. The van der Waals surface area contributed by atoms with E-state index in [1.54, 1.807) is 48.5 Å². The van der Waals surface area contributed by atoms with Crippen molar-refractivity contribution in [3.05, 3.63) is 99.5 Å². The van der Waals surface area contributed by atoms with Gasteiger partial charge in [0.2, 0.25) is 10.0 Å². The van der Waals surface area contributed by atoms with Crippen molar-refractivity contribution in [3.8, 4) is 0 Å². The first-order valence-corrected chi connectivity index (χ1v) is 12.2. The van der Waals surface area contributed by atoms with Gasteiger partial charge in [-0.3, -0.25) is 14.5 Å². The van der Waals surface area contributed by atoms with Gasteiger partial charge in [-0.2, -0.15) is 0 Å². The van der Waals surface area contributed by atoms with Crippen molar-refractivity contribution < 1.29 is 23.1 Å². The van der Waals surface area contributed by atoms with Crippen LogP contribution in [0.2, 0.25) is 0 Å². The van der Waals surface area contributed by atoms with Crippen LogP contribution in [0, 0.1) is 6.92 Å². The first-order chi connectivity index (χ1) is 15.6. The third-order valence-electron chi connectivity index (χ3n) is 5.38. The third-order valence-corrected chi connectivity index (χ3v) is 6.80. The minimum atomic E-state index is -3.93. The molecule has 7 nitrogen and oxygen atoms in total. The van der Waals surface area contributed by atoms with E-state index in [2.05, 4.69) is 15.9 Å². The van der Waals surface area contributed by atoms with Crippen molar-refractivity contribution in [2.24, 2.45) is 5.14 Å². The fraction of sp³-hybridized carbons (Fsp3) is 0.0833. The number of Topliss-reactive ketones (excluding diaryl/α,β-unsaturated/α-hetero) is 1. The van der Waals surface area contributed by atoms with E-state index in [1.165, 1.54) is 29.2 Å². The number of rotatable bonds is 4. The molecule has 1 fully saturated rings. The summed E-state index contributed by atoms with van der Waals surface area (Å²) in [4.78, 5) is 27.4. The molecule has 0 saturated carbocycles. The summed E-state index contributed by atoms with van der Waals surface area (Å²) in [5.41, 5.74) is 2.20. The average molecular weight is 527 g/mol. The van der Waals surface area contributed by atoms with Crippen LogP contribution in [0.1, 0.15) is 22.7 Å². The lowest BCUT2D eigenvalue weighted by Gasteiger charge is -2.25. The average Bonchev–Trinajstić information content (AvgIpc) is 3.04. The molecule has 9 heteroatoms. The lowest BCUT2D eigenvalue weighted by Crippen LogP contribution is -2.29. The molecule has 0 unspecified atom stereocenters. The molecule has 1 aliphatic heterocycles. The first kappa shape index (κ1) is 22.9. The van der Waals surface area contributed by atoms with Gasteiger partial charge in [-0.1, -0.05) is 57.9 Å². The van der Waals surface area contributed by atoms with Crippen LogP contribution in [0.25, 0.3) is 5.76 Å². The van der Waals surface area contributed by atoms with E-state index < -0.39 is 27.8 Å². The summed E-state index contributed by atoms with van der Waals surface area (Å²) in [6, 6.07) is 18.4. The molecule has 4 rings (SSSR count). The summed E-state index contributed by atoms with van der Waals surface area (Å²) in [5.74, 6) is -1.97. The monoisotopic (exact) mass is 526 g/mol. The molecule has 3 N–H and O–H groups in total. The second-order valence-corrected chi connectivity index (χ2v) is 10.1. The Morgan fingerprint density at radius 3 is 2.21 bits per heavy atom. The number of nitrogens with two attached hydrogens (primary N) is 1. The SMILES string of the molecule is Cc1ccc(C(O)=C2C(=O)C(=O)N(c3ccc(S(N)(=O)=O)cc3)[C@H]2c2cccc(Br)c2)cc1. The van der Waals surface area contributed by atoms with Crippen molar-refractivity contribution in [2.75, 3.05) is 4.90 Å². The second-order valence-electron chi connectivity index (χ2n) is 7.63. The van der Waals surface area contributed by atoms with Crippen molar-refractivity contribution in [1.29, 1.82) is 0 Å². The van der Waals surface area contributed by atoms with Gasteiger partial charge >= 0.3 is 0 Å². The lowest BCUT2D eigenvalue weighted by atomic mass is 9.95. The maximum atomic E-state index is 13.1. The second kappa shape index (κ2) is 8.58. The molecule has 1 amide bonds. The highest BCUT2D eigenvalue weighted by molar-refractivity contribution is 9.10. The highest BCUT2D eigenvalue weighted by Gasteiger charge is 2.47. The van der Waals surface area contributed by atoms with Gasteiger partial charge in [0.25, 0.3) is 11.7 Å². The molecular weight excluding hydrogens is 508 g/mol. The van der Waals surface area contributed by atoms with E-state index in [9.17, 15) is 23.1 Å². The van der Waals surface area contributed by atoms with E-state index >= 15 is 0 Å². The Balaban J connectivity index is 1.92. The lowest BCUT2D eigenvalue weighted by molar-refractivity contribution is -0.132. The quantitative estimate of drug-likeness (QED) is 0.302. The topological polar surface area (TPSA) is 118 Å². The Hall–Kier alpha value is -3.27. The van der Waals surface area contributed by atoms with Crippen molar-refractivity contribution in [3.63, 3.8) is 0 Å². The van der Waals surface area contributed by atoms with Crippen molar-refractivity contribution in [1.82, 2.24) is 0 Å². The molecule has 1 heterocycles. The number of hydrogen-bond donors (Lipinski definition) is 2. The van der Waals surface area contributed by atoms with Gasteiger partial charge in [-0.25, -0.2) is 13.6 Å². The number of aliphatic hydroxyl groups excluding tert-OH is 1. The number of halogens is 1. The largest absolute Gasteiger partial charge is 0.507 e. The van der Waals surface area contributed by atoms with Gasteiger partial charge in [0.1, 0.15) is 5.76 Å². The van der Waals surface area contributed by atoms with E-state index in [0.29, 0.717) is 11.1 Å². The van der Waals surface area contributed by atoms with Crippen LogP contribution >= 0.6 is 15.9 Å². The zero-order chi connectivity index (χ0) is 23.9. The standard InChI is InChI=1S/C24H19BrN2O5S/c1-14-5-7-15(8-6-14)22(28)20-21(16-3-2-4-17(25)13-16)27(24(30)23(20)29)18-9-11-19(12-10-18)33(26,31)32/h2-13,21,28H,1H3,(H2,26,31,32)/t21-/m0/s1. The number of nitrogens with zero attached hydrogens (tertiary/aromatic N) is 1. The Kier molecular flexibility index (Phi) is 5.96.